The maximum absolute atomic E-state index is 13.5. The number of rotatable bonds is 4. The van der Waals surface area contributed by atoms with Crippen LogP contribution < -0.4 is 5.32 Å². The minimum Gasteiger partial charge on any atom is -0.353 e. The molecule has 8 heteroatoms. The summed E-state index contributed by atoms with van der Waals surface area (Å²) in [5.74, 6) is -0.270. The second-order valence-corrected chi connectivity index (χ2v) is 9.61. The van der Waals surface area contributed by atoms with Crippen molar-refractivity contribution in [3.05, 3.63) is 52.3 Å². The van der Waals surface area contributed by atoms with Gasteiger partial charge in [0.15, 0.2) is 5.69 Å². The number of nitrogens with zero attached hydrogens (tertiary/aromatic N) is 4. The minimum absolute atomic E-state index is 0.0299. The molecule has 3 heterocycles. The molecule has 1 aliphatic carbocycles. The fraction of sp³-hybridized carbons (Fsp3) is 0.520. The van der Waals surface area contributed by atoms with E-state index in [-0.39, 0.29) is 23.6 Å². The number of likely N-dealkylation sites (tertiary alicyclic amines) is 1. The predicted molar refractivity (Wildman–Crippen MR) is 123 cm³/mol. The first-order chi connectivity index (χ1) is 15.9. The molecule has 3 aliphatic rings. The molecule has 3 amide bonds. The SMILES string of the molecule is Cc1ccc(C(=O)N2CCc3c(c(C(=O)N4CCC[C@@H](C(=O)NC5CC5)C4)nn3C)C2)cc1. The molecule has 0 bridgehead atoms. The molecule has 2 aromatic rings. The highest BCUT2D eigenvalue weighted by molar-refractivity contribution is 5.96. The summed E-state index contributed by atoms with van der Waals surface area (Å²) in [6.07, 6.45) is 4.39. The Morgan fingerprint density at radius 2 is 1.76 bits per heavy atom. The Morgan fingerprint density at radius 3 is 2.48 bits per heavy atom. The number of benzene rings is 1. The summed E-state index contributed by atoms with van der Waals surface area (Å²) in [6, 6.07) is 7.90. The fourth-order valence-electron chi connectivity index (χ4n) is 4.89. The van der Waals surface area contributed by atoms with Crippen LogP contribution in [0.25, 0.3) is 0 Å². The summed E-state index contributed by atoms with van der Waals surface area (Å²) in [5.41, 5.74) is 4.02. The lowest BCUT2D eigenvalue weighted by Crippen LogP contribution is -2.46. The quantitative estimate of drug-likeness (QED) is 0.774. The van der Waals surface area contributed by atoms with E-state index < -0.39 is 0 Å². The number of carbonyl (C=O) groups is 3. The smallest absolute Gasteiger partial charge is 0.274 e. The largest absolute Gasteiger partial charge is 0.353 e. The number of aromatic nitrogens is 2. The van der Waals surface area contributed by atoms with Gasteiger partial charge in [0.2, 0.25) is 5.91 Å². The van der Waals surface area contributed by atoms with Gasteiger partial charge in [0.05, 0.1) is 12.5 Å². The van der Waals surface area contributed by atoms with Crippen molar-refractivity contribution < 1.29 is 14.4 Å². The van der Waals surface area contributed by atoms with E-state index in [4.69, 9.17) is 0 Å². The standard InChI is InChI=1S/C25H31N5O3/c1-16-5-7-17(8-6-16)24(32)30-13-11-21-20(15-30)22(27-28(21)2)25(33)29-12-3-4-18(14-29)23(31)26-19-9-10-19/h5-8,18-19H,3-4,9-15H2,1-2H3,(H,26,31)/t18-/m1/s1. The highest BCUT2D eigenvalue weighted by Gasteiger charge is 2.35. The number of piperidine rings is 1. The highest BCUT2D eigenvalue weighted by Crippen LogP contribution is 2.27. The Morgan fingerprint density at radius 1 is 1.00 bits per heavy atom. The molecule has 33 heavy (non-hydrogen) atoms. The maximum Gasteiger partial charge on any atom is 0.274 e. The number of hydrogen-bond acceptors (Lipinski definition) is 4. The number of nitrogens with one attached hydrogen (secondary N) is 1. The number of amides is 3. The number of hydrogen-bond donors (Lipinski definition) is 1. The topological polar surface area (TPSA) is 87.5 Å². The van der Waals surface area contributed by atoms with Crippen molar-refractivity contribution in [3.8, 4) is 0 Å². The Kier molecular flexibility index (Phi) is 5.68. The second kappa shape index (κ2) is 8.65. The maximum atomic E-state index is 13.5. The van der Waals surface area contributed by atoms with Crippen LogP contribution in [-0.4, -0.2) is 63.0 Å². The Labute approximate surface area is 193 Å². The molecule has 1 atom stereocenters. The molecular weight excluding hydrogens is 418 g/mol. The van der Waals surface area contributed by atoms with E-state index in [1.165, 1.54) is 0 Å². The fourth-order valence-corrected chi connectivity index (χ4v) is 4.89. The lowest BCUT2D eigenvalue weighted by atomic mass is 9.96. The van der Waals surface area contributed by atoms with Gasteiger partial charge in [-0.15, -0.1) is 0 Å². The summed E-state index contributed by atoms with van der Waals surface area (Å²) in [6.45, 7) is 4.02. The van der Waals surface area contributed by atoms with Crippen LogP contribution in [0, 0.1) is 12.8 Å². The number of aryl methyl sites for hydroxylation is 2. The zero-order valence-electron chi connectivity index (χ0n) is 19.3. The molecule has 1 aromatic carbocycles. The van der Waals surface area contributed by atoms with Crippen LogP contribution in [0.1, 0.15) is 63.4 Å². The third-order valence-corrected chi connectivity index (χ3v) is 7.03. The third-order valence-electron chi connectivity index (χ3n) is 7.03. The van der Waals surface area contributed by atoms with E-state index >= 15 is 0 Å². The number of fused-ring (bicyclic) bond motifs is 1. The van der Waals surface area contributed by atoms with Crippen LogP contribution in [0.3, 0.4) is 0 Å². The molecular formula is C25H31N5O3. The van der Waals surface area contributed by atoms with Crippen LogP contribution in [-0.2, 0) is 24.8 Å². The Balaban J connectivity index is 1.33. The van der Waals surface area contributed by atoms with E-state index in [0.717, 1.165) is 42.5 Å². The summed E-state index contributed by atoms with van der Waals surface area (Å²) in [5, 5.41) is 7.63. The van der Waals surface area contributed by atoms with Crippen molar-refractivity contribution in [1.29, 1.82) is 0 Å². The van der Waals surface area contributed by atoms with Gasteiger partial charge in [0.1, 0.15) is 0 Å². The molecule has 0 radical (unpaired) electrons. The van der Waals surface area contributed by atoms with Gasteiger partial charge in [-0.05, 0) is 44.7 Å². The molecule has 1 saturated heterocycles. The van der Waals surface area contributed by atoms with Crippen LogP contribution >= 0.6 is 0 Å². The van der Waals surface area contributed by atoms with Gasteiger partial charge < -0.3 is 15.1 Å². The lowest BCUT2D eigenvalue weighted by Gasteiger charge is -2.32. The van der Waals surface area contributed by atoms with Crippen molar-refractivity contribution in [2.24, 2.45) is 13.0 Å². The van der Waals surface area contributed by atoms with Crippen molar-refractivity contribution in [2.75, 3.05) is 19.6 Å². The molecule has 5 rings (SSSR count). The molecule has 1 saturated carbocycles. The van der Waals surface area contributed by atoms with Crippen LogP contribution in [0.15, 0.2) is 24.3 Å². The summed E-state index contributed by atoms with van der Waals surface area (Å²) in [7, 11) is 1.86. The van der Waals surface area contributed by atoms with Crippen molar-refractivity contribution in [1.82, 2.24) is 24.9 Å². The van der Waals surface area contributed by atoms with E-state index in [0.29, 0.717) is 49.9 Å². The van der Waals surface area contributed by atoms with Crippen LogP contribution in [0.4, 0.5) is 0 Å². The molecule has 0 spiro atoms. The first-order valence-corrected chi connectivity index (χ1v) is 11.9. The van der Waals surface area contributed by atoms with Gasteiger partial charge in [-0.2, -0.15) is 5.10 Å². The first-order valence-electron chi connectivity index (χ1n) is 11.9. The predicted octanol–water partition coefficient (Wildman–Crippen LogP) is 2.06. The summed E-state index contributed by atoms with van der Waals surface area (Å²) < 4.78 is 1.78. The average Bonchev–Trinajstić information content (AvgIpc) is 3.59. The van der Waals surface area contributed by atoms with Gasteiger partial charge in [-0.3, -0.25) is 19.1 Å². The summed E-state index contributed by atoms with van der Waals surface area (Å²) >= 11 is 0. The zero-order valence-corrected chi connectivity index (χ0v) is 19.3. The molecule has 8 nitrogen and oxygen atoms in total. The van der Waals surface area contributed by atoms with Crippen LogP contribution in [0.2, 0.25) is 0 Å². The van der Waals surface area contributed by atoms with E-state index in [2.05, 4.69) is 10.4 Å². The van der Waals surface area contributed by atoms with Gasteiger partial charge in [-0.1, -0.05) is 17.7 Å². The highest BCUT2D eigenvalue weighted by atomic mass is 16.2. The normalized spacial score (nSPS) is 20.4. The van der Waals surface area contributed by atoms with E-state index in [1.54, 1.807) is 14.5 Å². The van der Waals surface area contributed by atoms with Crippen molar-refractivity contribution in [2.45, 2.75) is 51.6 Å². The monoisotopic (exact) mass is 449 g/mol. The van der Waals surface area contributed by atoms with Gasteiger partial charge in [0.25, 0.3) is 11.8 Å². The van der Waals surface area contributed by atoms with Crippen LogP contribution in [0.5, 0.6) is 0 Å². The van der Waals surface area contributed by atoms with E-state index in [1.807, 2.05) is 38.2 Å². The molecule has 1 aromatic heterocycles. The molecule has 2 aliphatic heterocycles. The number of carbonyl (C=O) groups excluding carboxylic acids is 3. The van der Waals surface area contributed by atoms with Crippen molar-refractivity contribution in [3.63, 3.8) is 0 Å². The van der Waals surface area contributed by atoms with E-state index in [9.17, 15) is 14.4 Å². The Hall–Kier alpha value is -3.16. The van der Waals surface area contributed by atoms with Gasteiger partial charge >= 0.3 is 0 Å². The minimum atomic E-state index is -0.164. The molecule has 2 fully saturated rings. The Bertz CT molecular complexity index is 1090. The summed E-state index contributed by atoms with van der Waals surface area (Å²) in [4.78, 5) is 42.7. The molecule has 1 N–H and O–H groups in total. The molecule has 174 valence electrons. The van der Waals surface area contributed by atoms with Gasteiger partial charge in [-0.25, -0.2) is 0 Å². The first kappa shape index (κ1) is 21.7. The second-order valence-electron chi connectivity index (χ2n) is 9.61. The van der Waals surface area contributed by atoms with Gasteiger partial charge in [0, 0.05) is 56.0 Å². The molecule has 0 unspecified atom stereocenters. The van der Waals surface area contributed by atoms with Crippen molar-refractivity contribution >= 4 is 17.7 Å². The third kappa shape index (κ3) is 4.38. The lowest BCUT2D eigenvalue weighted by molar-refractivity contribution is -0.126. The average molecular weight is 450 g/mol. The zero-order chi connectivity index (χ0) is 23.1.